The zero-order chi connectivity index (χ0) is 42.6. The number of nitrogens with zero attached hydrogens (tertiary/aromatic N) is 5. The van der Waals surface area contributed by atoms with Crippen molar-refractivity contribution < 1.29 is 0 Å². The molecule has 3 heterocycles. The molecular weight excluding hydrogens is 779 g/mol. The minimum atomic E-state index is 0.641. The van der Waals surface area contributed by atoms with Gasteiger partial charge in [0.15, 0.2) is 5.82 Å². The molecule has 12 rings (SSSR count). The molecule has 298 valence electrons. The van der Waals surface area contributed by atoms with Gasteiger partial charge in [-0.15, -0.1) is 0 Å². The Balaban J connectivity index is 1.15. The molecule has 0 amide bonds. The number of nitriles is 1. The molecule has 12 aromatic rings. The topological polar surface area (TPSA) is 59.4 Å². The van der Waals surface area contributed by atoms with Crippen LogP contribution in [0.5, 0.6) is 0 Å². The highest BCUT2D eigenvalue weighted by molar-refractivity contribution is 6.12. The van der Waals surface area contributed by atoms with Crippen LogP contribution in [-0.2, 0) is 0 Å². The molecule has 9 aromatic carbocycles. The van der Waals surface area contributed by atoms with Crippen molar-refractivity contribution in [3.63, 3.8) is 0 Å². The number of para-hydroxylation sites is 4. The van der Waals surface area contributed by atoms with Gasteiger partial charge in [-0.2, -0.15) is 5.26 Å². The fraction of sp³-hybridized carbons (Fsp3) is 0. The highest BCUT2D eigenvalue weighted by Gasteiger charge is 2.22. The standard InChI is InChI=1S/C59H37N5/c60-38-39-16-15-21-42(34-39)43-30-32-57-49(35-43)47-24-9-14-29-56(47)64(57)58-33-31-44(52-37-51(40-17-3-1-4-18-40)61-59(62-52)41-19-5-2-6-20-41)36-50(58)48-25-10-13-28-55(48)63-53-26-11-7-22-45(53)46-23-8-12-27-54(46)63/h1-37H. The molecule has 0 atom stereocenters. The number of fused-ring (bicyclic) bond motifs is 6. The van der Waals surface area contributed by atoms with E-state index < -0.39 is 0 Å². The first-order chi connectivity index (χ1) is 31.7. The van der Waals surface area contributed by atoms with Crippen molar-refractivity contribution in [3.8, 4) is 73.6 Å². The highest BCUT2D eigenvalue weighted by Crippen LogP contribution is 2.43. The van der Waals surface area contributed by atoms with E-state index in [-0.39, 0.29) is 0 Å². The third-order valence-electron chi connectivity index (χ3n) is 12.4. The second-order valence-corrected chi connectivity index (χ2v) is 16.1. The van der Waals surface area contributed by atoms with Crippen LogP contribution in [0.15, 0.2) is 224 Å². The highest BCUT2D eigenvalue weighted by atomic mass is 15.0. The molecule has 0 unspecified atom stereocenters. The fourth-order valence-electron chi connectivity index (χ4n) is 9.43. The third-order valence-corrected chi connectivity index (χ3v) is 12.4. The quantitative estimate of drug-likeness (QED) is 0.161. The molecule has 0 aliphatic heterocycles. The summed E-state index contributed by atoms with van der Waals surface area (Å²) in [5, 5.41) is 14.4. The van der Waals surface area contributed by atoms with Gasteiger partial charge in [-0.05, 0) is 77.9 Å². The summed E-state index contributed by atoms with van der Waals surface area (Å²) in [6.45, 7) is 0. The molecule has 0 N–H and O–H groups in total. The zero-order valence-electron chi connectivity index (χ0n) is 34.6. The molecule has 0 saturated carbocycles. The van der Waals surface area contributed by atoms with Crippen LogP contribution >= 0.6 is 0 Å². The Kier molecular flexibility index (Phi) is 8.81. The Morgan fingerprint density at radius 1 is 0.328 bits per heavy atom. The summed E-state index contributed by atoms with van der Waals surface area (Å²) in [7, 11) is 0. The Labute approximate surface area is 370 Å². The fourth-order valence-corrected chi connectivity index (χ4v) is 9.43. The van der Waals surface area contributed by atoms with Crippen molar-refractivity contribution in [2.75, 3.05) is 0 Å². The first-order valence-corrected chi connectivity index (χ1v) is 21.5. The van der Waals surface area contributed by atoms with Crippen LogP contribution < -0.4 is 0 Å². The molecule has 5 heteroatoms. The smallest absolute Gasteiger partial charge is 0.160 e. The van der Waals surface area contributed by atoms with Gasteiger partial charge in [0.25, 0.3) is 0 Å². The Hall–Kier alpha value is -8.85. The molecule has 3 aromatic heterocycles. The second kappa shape index (κ2) is 15.3. The van der Waals surface area contributed by atoms with Gasteiger partial charge in [0, 0.05) is 49.4 Å². The van der Waals surface area contributed by atoms with E-state index in [1.807, 2.05) is 42.5 Å². The van der Waals surface area contributed by atoms with Crippen molar-refractivity contribution in [1.29, 1.82) is 5.26 Å². The summed E-state index contributed by atoms with van der Waals surface area (Å²) in [6.07, 6.45) is 0. The molecule has 0 fully saturated rings. The lowest BCUT2D eigenvalue weighted by atomic mass is 9.96. The first kappa shape index (κ1) is 37.0. The summed E-state index contributed by atoms with van der Waals surface area (Å²) < 4.78 is 4.82. The first-order valence-electron chi connectivity index (χ1n) is 21.5. The van der Waals surface area contributed by atoms with E-state index in [1.165, 1.54) is 10.8 Å². The predicted octanol–water partition coefficient (Wildman–Crippen LogP) is 14.9. The lowest BCUT2D eigenvalue weighted by Crippen LogP contribution is -2.02. The predicted molar refractivity (Wildman–Crippen MR) is 263 cm³/mol. The Bertz CT molecular complexity index is 3690. The lowest BCUT2D eigenvalue weighted by molar-refractivity contribution is 1.16. The van der Waals surface area contributed by atoms with Gasteiger partial charge in [-0.25, -0.2) is 9.97 Å². The number of benzene rings is 9. The molecule has 64 heavy (non-hydrogen) atoms. The molecule has 0 bridgehead atoms. The van der Waals surface area contributed by atoms with Crippen LogP contribution in [0.3, 0.4) is 0 Å². The van der Waals surface area contributed by atoms with Gasteiger partial charge in [-0.1, -0.05) is 158 Å². The van der Waals surface area contributed by atoms with Crippen LogP contribution in [-0.4, -0.2) is 19.1 Å². The van der Waals surface area contributed by atoms with Gasteiger partial charge >= 0.3 is 0 Å². The third kappa shape index (κ3) is 6.16. The summed E-state index contributed by atoms with van der Waals surface area (Å²) in [5.74, 6) is 0.673. The minimum absolute atomic E-state index is 0.641. The minimum Gasteiger partial charge on any atom is -0.309 e. The largest absolute Gasteiger partial charge is 0.309 e. The van der Waals surface area contributed by atoms with E-state index in [0.29, 0.717) is 11.4 Å². The summed E-state index contributed by atoms with van der Waals surface area (Å²) in [6, 6.07) is 81.0. The molecule has 0 radical (unpaired) electrons. The van der Waals surface area contributed by atoms with Crippen molar-refractivity contribution in [2.45, 2.75) is 0 Å². The number of hydrogen-bond donors (Lipinski definition) is 0. The van der Waals surface area contributed by atoms with Crippen LogP contribution in [0.1, 0.15) is 5.56 Å². The number of hydrogen-bond acceptors (Lipinski definition) is 3. The Morgan fingerprint density at radius 3 is 1.50 bits per heavy atom. The molecule has 0 aliphatic carbocycles. The van der Waals surface area contributed by atoms with Crippen molar-refractivity contribution in [3.05, 3.63) is 230 Å². The van der Waals surface area contributed by atoms with E-state index in [0.717, 1.165) is 94.5 Å². The zero-order valence-corrected chi connectivity index (χ0v) is 34.6. The number of rotatable bonds is 7. The van der Waals surface area contributed by atoms with Gasteiger partial charge in [0.1, 0.15) is 0 Å². The summed E-state index contributed by atoms with van der Waals surface area (Å²) in [5.41, 5.74) is 16.1. The average Bonchev–Trinajstić information content (AvgIpc) is 3.89. The van der Waals surface area contributed by atoms with Crippen molar-refractivity contribution in [2.24, 2.45) is 0 Å². The lowest BCUT2D eigenvalue weighted by Gasteiger charge is -2.20. The molecular formula is C59H37N5. The normalized spacial score (nSPS) is 11.4. The Morgan fingerprint density at radius 2 is 0.828 bits per heavy atom. The molecule has 5 nitrogen and oxygen atoms in total. The maximum Gasteiger partial charge on any atom is 0.160 e. The van der Waals surface area contributed by atoms with Crippen LogP contribution in [0, 0.1) is 11.3 Å². The van der Waals surface area contributed by atoms with Crippen molar-refractivity contribution >= 4 is 43.6 Å². The molecule has 0 aliphatic rings. The van der Waals surface area contributed by atoms with E-state index in [1.54, 1.807) is 0 Å². The SMILES string of the molecule is N#Cc1cccc(-c2ccc3c(c2)c2ccccc2n3-c2ccc(-c3cc(-c4ccccc4)nc(-c4ccccc4)n3)cc2-c2ccccc2-n2c3ccccc3c3ccccc32)c1. The van der Waals surface area contributed by atoms with E-state index in [2.05, 4.69) is 197 Å². The maximum atomic E-state index is 9.72. The van der Waals surface area contributed by atoms with E-state index >= 15 is 0 Å². The molecule has 0 spiro atoms. The summed E-state index contributed by atoms with van der Waals surface area (Å²) >= 11 is 0. The van der Waals surface area contributed by atoms with Gasteiger partial charge in [0.2, 0.25) is 0 Å². The monoisotopic (exact) mass is 815 g/mol. The average molecular weight is 816 g/mol. The summed E-state index contributed by atoms with van der Waals surface area (Å²) in [4.78, 5) is 10.4. The van der Waals surface area contributed by atoms with Gasteiger partial charge < -0.3 is 9.13 Å². The maximum absolute atomic E-state index is 9.72. The van der Waals surface area contributed by atoms with Crippen LogP contribution in [0.25, 0.3) is 111 Å². The van der Waals surface area contributed by atoms with Gasteiger partial charge in [-0.3, -0.25) is 0 Å². The van der Waals surface area contributed by atoms with Crippen molar-refractivity contribution in [1.82, 2.24) is 19.1 Å². The van der Waals surface area contributed by atoms with E-state index in [9.17, 15) is 5.26 Å². The van der Waals surface area contributed by atoms with Crippen LogP contribution in [0.2, 0.25) is 0 Å². The van der Waals surface area contributed by atoms with Gasteiger partial charge in [0.05, 0.1) is 56.5 Å². The van der Waals surface area contributed by atoms with Crippen LogP contribution in [0.4, 0.5) is 0 Å². The second-order valence-electron chi connectivity index (χ2n) is 16.1. The molecule has 0 saturated heterocycles. The number of aromatic nitrogens is 4. The van der Waals surface area contributed by atoms with E-state index in [4.69, 9.17) is 9.97 Å².